The van der Waals surface area contributed by atoms with E-state index in [0.717, 1.165) is 28.6 Å². The van der Waals surface area contributed by atoms with Gasteiger partial charge in [-0.25, -0.2) is 0 Å². The van der Waals surface area contributed by atoms with Crippen LogP contribution in [0, 0.1) is 4.77 Å². The number of hydrogen-bond donors (Lipinski definition) is 1. The number of methoxy groups -OCH3 is 2. The molecule has 1 N–H and O–H groups in total. The van der Waals surface area contributed by atoms with Crippen molar-refractivity contribution in [3.63, 3.8) is 0 Å². The summed E-state index contributed by atoms with van der Waals surface area (Å²) in [6.45, 7) is 0. The largest absolute Gasteiger partial charge is 0.497 e. The Bertz CT molecular complexity index is 853. The molecule has 0 aliphatic carbocycles. The van der Waals surface area contributed by atoms with Crippen LogP contribution in [0.1, 0.15) is 11.4 Å². The quantitative estimate of drug-likeness (QED) is 0.728. The van der Waals surface area contributed by atoms with Gasteiger partial charge in [-0.1, -0.05) is 12.1 Å². The van der Waals surface area contributed by atoms with E-state index in [9.17, 15) is 0 Å². The monoisotopic (exact) mass is 327 g/mol. The van der Waals surface area contributed by atoms with E-state index in [1.165, 1.54) is 0 Å². The summed E-state index contributed by atoms with van der Waals surface area (Å²) in [4.78, 5) is 0. The standard InChI is InChI=1S/C17H17N3O2S/c1-21-14-8-6-13(7-9-14)20-16(18-19-17(20)23)11-12-4-3-5-15(10-12)22-2/h3-10H,11H2,1-2H3,(H,19,23). The zero-order valence-electron chi connectivity index (χ0n) is 12.9. The van der Waals surface area contributed by atoms with Gasteiger partial charge in [0.15, 0.2) is 4.77 Å². The summed E-state index contributed by atoms with van der Waals surface area (Å²) >= 11 is 5.37. The molecule has 0 saturated heterocycles. The van der Waals surface area contributed by atoms with Gasteiger partial charge >= 0.3 is 0 Å². The van der Waals surface area contributed by atoms with E-state index in [4.69, 9.17) is 21.7 Å². The number of benzene rings is 2. The molecule has 0 saturated carbocycles. The van der Waals surface area contributed by atoms with Gasteiger partial charge in [0.25, 0.3) is 0 Å². The lowest BCUT2D eigenvalue weighted by Gasteiger charge is -2.08. The first kappa shape index (κ1) is 15.3. The van der Waals surface area contributed by atoms with Crippen molar-refractivity contribution in [3.05, 3.63) is 64.7 Å². The second-order valence-corrected chi connectivity index (χ2v) is 5.39. The maximum atomic E-state index is 5.37. The molecule has 5 nitrogen and oxygen atoms in total. The van der Waals surface area contributed by atoms with Crippen molar-refractivity contribution in [2.24, 2.45) is 0 Å². The van der Waals surface area contributed by atoms with Crippen LogP contribution in [0.3, 0.4) is 0 Å². The van der Waals surface area contributed by atoms with Gasteiger partial charge in [-0.05, 0) is 54.2 Å². The SMILES string of the molecule is COc1ccc(-n2c(Cc3cccc(OC)c3)n[nH]c2=S)cc1. The molecule has 3 aromatic rings. The van der Waals surface area contributed by atoms with Crippen molar-refractivity contribution in [2.45, 2.75) is 6.42 Å². The van der Waals surface area contributed by atoms with Gasteiger partial charge in [-0.15, -0.1) is 0 Å². The molecule has 0 bridgehead atoms. The van der Waals surface area contributed by atoms with E-state index in [0.29, 0.717) is 11.2 Å². The first-order chi connectivity index (χ1) is 11.2. The van der Waals surface area contributed by atoms with Crippen LogP contribution in [0.5, 0.6) is 11.5 Å². The van der Waals surface area contributed by atoms with Crippen molar-refractivity contribution < 1.29 is 9.47 Å². The molecule has 23 heavy (non-hydrogen) atoms. The third-order valence-corrected chi connectivity index (χ3v) is 3.84. The summed E-state index contributed by atoms with van der Waals surface area (Å²) in [5, 5.41) is 7.23. The van der Waals surface area contributed by atoms with E-state index in [1.807, 2.05) is 53.1 Å². The molecular formula is C17H17N3O2S. The number of rotatable bonds is 5. The Hall–Kier alpha value is -2.60. The highest BCUT2D eigenvalue weighted by molar-refractivity contribution is 7.71. The minimum Gasteiger partial charge on any atom is -0.497 e. The van der Waals surface area contributed by atoms with Crippen molar-refractivity contribution >= 4 is 12.2 Å². The molecule has 0 spiro atoms. The lowest BCUT2D eigenvalue weighted by atomic mass is 10.1. The second kappa shape index (κ2) is 6.66. The Morgan fingerprint density at radius 3 is 2.48 bits per heavy atom. The number of nitrogens with one attached hydrogen (secondary N) is 1. The third kappa shape index (κ3) is 3.27. The van der Waals surface area contributed by atoms with Crippen LogP contribution in [0.25, 0.3) is 5.69 Å². The zero-order chi connectivity index (χ0) is 16.2. The number of hydrogen-bond acceptors (Lipinski definition) is 4. The Labute approximate surface area is 139 Å². The van der Waals surface area contributed by atoms with Crippen molar-refractivity contribution in [1.82, 2.24) is 14.8 Å². The van der Waals surface area contributed by atoms with E-state index in [1.54, 1.807) is 14.2 Å². The van der Waals surface area contributed by atoms with Gasteiger partial charge in [0, 0.05) is 12.1 Å². The van der Waals surface area contributed by atoms with Crippen LogP contribution in [0.4, 0.5) is 0 Å². The van der Waals surface area contributed by atoms with E-state index < -0.39 is 0 Å². The lowest BCUT2D eigenvalue weighted by molar-refractivity contribution is 0.414. The van der Waals surface area contributed by atoms with Crippen molar-refractivity contribution in [3.8, 4) is 17.2 Å². The first-order valence-corrected chi connectivity index (χ1v) is 7.55. The van der Waals surface area contributed by atoms with E-state index >= 15 is 0 Å². The van der Waals surface area contributed by atoms with Crippen molar-refractivity contribution in [2.75, 3.05) is 14.2 Å². The molecule has 2 aromatic carbocycles. The summed E-state index contributed by atoms with van der Waals surface area (Å²) < 4.78 is 13.0. The smallest absolute Gasteiger partial charge is 0.199 e. The van der Waals surface area contributed by atoms with Gasteiger partial charge < -0.3 is 9.47 Å². The minimum atomic E-state index is 0.563. The number of aromatic amines is 1. The maximum absolute atomic E-state index is 5.37. The van der Waals surface area contributed by atoms with Crippen LogP contribution in [0.2, 0.25) is 0 Å². The summed E-state index contributed by atoms with van der Waals surface area (Å²) in [6, 6.07) is 15.6. The van der Waals surface area contributed by atoms with E-state index in [-0.39, 0.29) is 0 Å². The minimum absolute atomic E-state index is 0.563. The van der Waals surface area contributed by atoms with Gasteiger partial charge in [0.2, 0.25) is 0 Å². The molecule has 3 rings (SSSR count). The Kier molecular flexibility index (Phi) is 4.43. The first-order valence-electron chi connectivity index (χ1n) is 7.15. The molecule has 0 fully saturated rings. The second-order valence-electron chi connectivity index (χ2n) is 5.01. The predicted octanol–water partition coefficient (Wildman–Crippen LogP) is 3.54. The molecule has 0 aliphatic rings. The molecular weight excluding hydrogens is 310 g/mol. The van der Waals surface area contributed by atoms with Crippen LogP contribution in [-0.2, 0) is 6.42 Å². The van der Waals surface area contributed by atoms with Gasteiger partial charge in [0.05, 0.1) is 14.2 Å². The number of nitrogens with zero attached hydrogens (tertiary/aromatic N) is 2. The Balaban J connectivity index is 1.96. The summed E-state index contributed by atoms with van der Waals surface area (Å²) in [6.07, 6.45) is 0.649. The average molecular weight is 327 g/mol. The summed E-state index contributed by atoms with van der Waals surface area (Å²) in [7, 11) is 3.30. The highest BCUT2D eigenvalue weighted by Crippen LogP contribution is 2.19. The number of ether oxygens (including phenoxy) is 2. The molecule has 0 amide bonds. The fourth-order valence-electron chi connectivity index (χ4n) is 2.41. The van der Waals surface area contributed by atoms with Gasteiger partial charge in [-0.2, -0.15) is 5.10 Å². The van der Waals surface area contributed by atoms with Crippen LogP contribution >= 0.6 is 12.2 Å². The molecule has 118 valence electrons. The molecule has 0 aliphatic heterocycles. The zero-order valence-corrected chi connectivity index (χ0v) is 13.8. The maximum Gasteiger partial charge on any atom is 0.199 e. The molecule has 1 aromatic heterocycles. The van der Waals surface area contributed by atoms with Gasteiger partial charge in [-0.3, -0.25) is 9.67 Å². The highest BCUT2D eigenvalue weighted by atomic mass is 32.1. The van der Waals surface area contributed by atoms with E-state index in [2.05, 4.69) is 10.2 Å². The molecule has 0 unspecified atom stereocenters. The molecule has 0 radical (unpaired) electrons. The summed E-state index contributed by atoms with van der Waals surface area (Å²) in [5.41, 5.74) is 2.05. The average Bonchev–Trinajstić information content (AvgIpc) is 2.95. The topological polar surface area (TPSA) is 52.1 Å². The molecule has 0 atom stereocenters. The molecule has 1 heterocycles. The predicted molar refractivity (Wildman–Crippen MR) is 91.1 cm³/mol. The fourth-order valence-corrected chi connectivity index (χ4v) is 2.67. The fraction of sp³-hybridized carbons (Fsp3) is 0.176. The summed E-state index contributed by atoms with van der Waals surface area (Å²) in [5.74, 6) is 2.47. The normalized spacial score (nSPS) is 10.5. The van der Waals surface area contributed by atoms with Crippen LogP contribution < -0.4 is 9.47 Å². The van der Waals surface area contributed by atoms with Gasteiger partial charge in [0.1, 0.15) is 17.3 Å². The number of H-pyrrole nitrogens is 1. The highest BCUT2D eigenvalue weighted by Gasteiger charge is 2.10. The third-order valence-electron chi connectivity index (χ3n) is 3.57. The van der Waals surface area contributed by atoms with Crippen molar-refractivity contribution in [1.29, 1.82) is 0 Å². The molecule has 6 heteroatoms. The van der Waals surface area contributed by atoms with Crippen LogP contribution in [0.15, 0.2) is 48.5 Å². The van der Waals surface area contributed by atoms with Crippen LogP contribution in [-0.4, -0.2) is 29.0 Å². The Morgan fingerprint density at radius 2 is 1.78 bits per heavy atom. The lowest BCUT2D eigenvalue weighted by Crippen LogP contribution is -2.02. The Morgan fingerprint density at radius 1 is 1.04 bits per heavy atom. The number of aromatic nitrogens is 3.